The molecule has 0 spiro atoms. The third-order valence-corrected chi connectivity index (χ3v) is 2.75. The van der Waals surface area contributed by atoms with Crippen molar-refractivity contribution < 1.29 is 4.74 Å². The molecule has 0 aromatic heterocycles. The van der Waals surface area contributed by atoms with E-state index in [1.165, 1.54) is 25.9 Å². The minimum Gasteiger partial charge on any atom is -0.496 e. The molecule has 0 unspecified atom stereocenters. The maximum Gasteiger partial charge on any atom is 0.121 e. The Morgan fingerprint density at radius 2 is 1.88 bits per heavy atom. The maximum absolute atomic E-state index is 5.53. The second kappa shape index (κ2) is 6.38. The minimum absolute atomic E-state index is 0.776. The summed E-state index contributed by atoms with van der Waals surface area (Å²) >= 11 is 0. The van der Waals surface area contributed by atoms with E-state index in [4.69, 9.17) is 10.5 Å². The van der Waals surface area contributed by atoms with Gasteiger partial charge in [-0.3, -0.25) is 0 Å². The highest BCUT2D eigenvalue weighted by Crippen LogP contribution is 2.18. The maximum atomic E-state index is 5.53. The fourth-order valence-electron chi connectivity index (χ4n) is 1.78. The minimum atomic E-state index is 0.776. The number of benzene rings is 1. The van der Waals surface area contributed by atoms with Crippen molar-refractivity contribution in [1.29, 1.82) is 0 Å². The van der Waals surface area contributed by atoms with E-state index in [2.05, 4.69) is 11.9 Å². The van der Waals surface area contributed by atoms with Crippen molar-refractivity contribution in [3.05, 3.63) is 23.8 Å². The molecule has 0 radical (unpaired) electrons. The first kappa shape index (κ1) is 12.8. The molecular weight excluding hydrogens is 200 g/mol. The first-order chi connectivity index (χ1) is 7.63. The van der Waals surface area contributed by atoms with Crippen molar-refractivity contribution in [1.82, 2.24) is 4.90 Å². The Bertz CT molecular complexity index is 320. The van der Waals surface area contributed by atoms with Crippen LogP contribution in [0.5, 0.6) is 5.75 Å². The molecule has 0 saturated carbocycles. The molecule has 0 amide bonds. The van der Waals surface area contributed by atoms with Crippen LogP contribution in [-0.2, 0) is 0 Å². The van der Waals surface area contributed by atoms with E-state index < -0.39 is 0 Å². The van der Waals surface area contributed by atoms with E-state index in [-0.39, 0.29) is 0 Å². The lowest BCUT2D eigenvalue weighted by molar-refractivity contribution is 0.412. The van der Waals surface area contributed by atoms with Crippen molar-refractivity contribution in [3.8, 4) is 5.75 Å². The lowest BCUT2D eigenvalue weighted by Crippen LogP contribution is -2.10. The normalized spacial score (nSPS) is 15.4. The van der Waals surface area contributed by atoms with Gasteiger partial charge < -0.3 is 15.4 Å². The van der Waals surface area contributed by atoms with Crippen LogP contribution in [0.15, 0.2) is 18.2 Å². The number of nitrogens with two attached hydrogens (primary N) is 1. The number of nitrogens with zero attached hydrogens (tertiary/aromatic N) is 1. The van der Waals surface area contributed by atoms with Crippen LogP contribution in [0.3, 0.4) is 0 Å². The van der Waals surface area contributed by atoms with Crippen LogP contribution in [0.2, 0.25) is 0 Å². The first-order valence-electron chi connectivity index (χ1n) is 5.72. The van der Waals surface area contributed by atoms with Crippen LogP contribution in [0.1, 0.15) is 18.4 Å². The van der Waals surface area contributed by atoms with Crippen molar-refractivity contribution >= 4 is 5.69 Å². The average Bonchev–Trinajstić information content (AvgIpc) is 2.70. The molecule has 1 aromatic rings. The summed E-state index contributed by atoms with van der Waals surface area (Å²) in [4.78, 5) is 2.36. The van der Waals surface area contributed by atoms with E-state index in [1.54, 1.807) is 7.11 Å². The van der Waals surface area contributed by atoms with Gasteiger partial charge in [0.05, 0.1) is 7.11 Å². The molecule has 90 valence electrons. The van der Waals surface area contributed by atoms with Gasteiger partial charge in [0.15, 0.2) is 0 Å². The fourth-order valence-corrected chi connectivity index (χ4v) is 1.78. The molecular formula is C13H22N2O. The van der Waals surface area contributed by atoms with E-state index in [9.17, 15) is 0 Å². The number of methoxy groups -OCH3 is 1. The van der Waals surface area contributed by atoms with Gasteiger partial charge in [0.2, 0.25) is 0 Å². The highest BCUT2D eigenvalue weighted by atomic mass is 16.5. The second-order valence-electron chi connectivity index (χ2n) is 4.24. The number of hydrogen-bond acceptors (Lipinski definition) is 3. The third kappa shape index (κ3) is 4.11. The number of rotatable bonds is 1. The van der Waals surface area contributed by atoms with E-state index in [0.717, 1.165) is 17.0 Å². The molecule has 1 aromatic carbocycles. The summed E-state index contributed by atoms with van der Waals surface area (Å²) in [5, 5.41) is 0. The van der Waals surface area contributed by atoms with Gasteiger partial charge in [0.25, 0.3) is 0 Å². The number of nitrogen functional groups attached to an aromatic ring is 1. The molecule has 2 rings (SSSR count). The summed E-state index contributed by atoms with van der Waals surface area (Å²) in [6, 6.07) is 5.58. The van der Waals surface area contributed by atoms with Gasteiger partial charge in [0.1, 0.15) is 5.75 Å². The van der Waals surface area contributed by atoms with Gasteiger partial charge in [-0.25, -0.2) is 0 Å². The van der Waals surface area contributed by atoms with E-state index >= 15 is 0 Å². The zero-order valence-corrected chi connectivity index (χ0v) is 10.5. The van der Waals surface area contributed by atoms with Crippen molar-refractivity contribution in [2.75, 3.05) is 33.0 Å². The monoisotopic (exact) mass is 222 g/mol. The summed E-state index contributed by atoms with van der Waals surface area (Å²) in [7, 11) is 3.82. The predicted octanol–water partition coefficient (Wildman–Crippen LogP) is 2.30. The highest BCUT2D eigenvalue weighted by Gasteiger charge is 2.03. The molecule has 0 atom stereocenters. The van der Waals surface area contributed by atoms with Crippen LogP contribution >= 0.6 is 0 Å². The largest absolute Gasteiger partial charge is 0.496 e. The molecule has 2 N–H and O–H groups in total. The van der Waals surface area contributed by atoms with Crippen LogP contribution in [-0.4, -0.2) is 32.1 Å². The Kier molecular flexibility index (Phi) is 5.12. The Labute approximate surface area is 98.2 Å². The number of ether oxygens (including phenoxy) is 1. The van der Waals surface area contributed by atoms with Crippen LogP contribution in [0.4, 0.5) is 5.69 Å². The van der Waals surface area contributed by atoms with Gasteiger partial charge in [-0.1, -0.05) is 0 Å². The number of hydrogen-bond donors (Lipinski definition) is 1. The zero-order valence-electron chi connectivity index (χ0n) is 10.5. The third-order valence-electron chi connectivity index (χ3n) is 2.75. The number of likely N-dealkylation sites (tertiary alicyclic amines) is 1. The molecule has 1 aliphatic heterocycles. The summed E-state index contributed by atoms with van der Waals surface area (Å²) in [6.07, 6.45) is 2.83. The molecule has 1 fully saturated rings. The first-order valence-corrected chi connectivity index (χ1v) is 5.72. The van der Waals surface area contributed by atoms with Crippen molar-refractivity contribution in [2.45, 2.75) is 19.8 Å². The quantitative estimate of drug-likeness (QED) is 0.741. The Hall–Kier alpha value is -1.22. The highest BCUT2D eigenvalue weighted by molar-refractivity contribution is 5.47. The van der Waals surface area contributed by atoms with Gasteiger partial charge >= 0.3 is 0 Å². The summed E-state index contributed by atoms with van der Waals surface area (Å²) in [6.45, 7) is 4.61. The van der Waals surface area contributed by atoms with Gasteiger partial charge in [-0.15, -0.1) is 0 Å². The molecule has 1 heterocycles. The molecule has 16 heavy (non-hydrogen) atoms. The molecule has 0 aliphatic carbocycles. The van der Waals surface area contributed by atoms with Crippen LogP contribution in [0.25, 0.3) is 0 Å². The smallest absolute Gasteiger partial charge is 0.121 e. The van der Waals surface area contributed by atoms with Crippen molar-refractivity contribution in [2.24, 2.45) is 0 Å². The molecule has 3 nitrogen and oxygen atoms in total. The van der Waals surface area contributed by atoms with Crippen LogP contribution in [0, 0.1) is 6.92 Å². The predicted molar refractivity (Wildman–Crippen MR) is 68.9 cm³/mol. The molecule has 3 heteroatoms. The Morgan fingerprint density at radius 1 is 1.25 bits per heavy atom. The molecule has 0 bridgehead atoms. The SMILES string of the molecule is CN1CCCC1.COc1ccc(N)cc1C. The zero-order chi connectivity index (χ0) is 12.0. The molecule has 1 aliphatic rings. The fraction of sp³-hybridized carbons (Fsp3) is 0.538. The van der Waals surface area contributed by atoms with Gasteiger partial charge in [-0.2, -0.15) is 0 Å². The summed E-state index contributed by atoms with van der Waals surface area (Å²) < 4.78 is 5.04. The van der Waals surface area contributed by atoms with Gasteiger partial charge in [0, 0.05) is 5.69 Å². The van der Waals surface area contributed by atoms with Crippen LogP contribution < -0.4 is 10.5 Å². The van der Waals surface area contributed by atoms with Gasteiger partial charge in [-0.05, 0) is 63.7 Å². The Balaban J connectivity index is 0.000000181. The molecule has 1 saturated heterocycles. The second-order valence-corrected chi connectivity index (χ2v) is 4.24. The summed E-state index contributed by atoms with van der Waals surface area (Å²) in [5.41, 5.74) is 7.37. The standard InChI is InChI=1S/C8H11NO.C5H11N/c1-6-5-7(9)3-4-8(6)10-2;1-6-4-2-3-5-6/h3-5H,9H2,1-2H3;2-5H2,1H3. The average molecular weight is 222 g/mol. The number of anilines is 1. The van der Waals surface area contributed by atoms with E-state index in [0.29, 0.717) is 0 Å². The number of aryl methyl sites for hydroxylation is 1. The van der Waals surface area contributed by atoms with Crippen molar-refractivity contribution in [3.63, 3.8) is 0 Å². The summed E-state index contributed by atoms with van der Waals surface area (Å²) in [5.74, 6) is 0.884. The Morgan fingerprint density at radius 3 is 2.25 bits per heavy atom. The lowest BCUT2D eigenvalue weighted by Gasteiger charge is -2.03. The van der Waals surface area contributed by atoms with E-state index in [1.807, 2.05) is 25.1 Å². The lowest BCUT2D eigenvalue weighted by atomic mass is 10.2. The topological polar surface area (TPSA) is 38.5 Å².